The van der Waals surface area contributed by atoms with Crippen LogP contribution in [0.4, 0.5) is 0 Å². The third-order valence-electron chi connectivity index (χ3n) is 6.08. The van der Waals surface area contributed by atoms with Crippen LogP contribution in [0.1, 0.15) is 34.5 Å². The minimum absolute atomic E-state index is 0.103. The number of aromatic amines is 1. The molecule has 0 aliphatic heterocycles. The molecule has 0 saturated carbocycles. The fourth-order valence-corrected chi connectivity index (χ4v) is 4.69. The van der Waals surface area contributed by atoms with Crippen molar-refractivity contribution >= 4 is 34.4 Å². The van der Waals surface area contributed by atoms with E-state index < -0.39 is 0 Å². The summed E-state index contributed by atoms with van der Waals surface area (Å²) >= 11 is 6.66. The standard InChI is InChI=1S/C25H24ClN5O/c1-16-21(11-12-24(32)28-20-10-9-18-14-27-29-23(18)13-20)25(26)31(30-16)15-19-7-4-6-17-5-2-3-8-22(17)19/h2-8,11-12,14,20H,9-10,13,15H2,1H3,(H,27,29)(H,28,32)/b12-11+. The zero-order chi connectivity index (χ0) is 22.1. The summed E-state index contributed by atoms with van der Waals surface area (Å²) in [6.45, 7) is 2.47. The lowest BCUT2D eigenvalue weighted by atomic mass is 9.94. The molecule has 2 N–H and O–H groups in total. The number of fused-ring (bicyclic) bond motifs is 2. The average molecular weight is 446 g/mol. The molecule has 0 bridgehead atoms. The van der Waals surface area contributed by atoms with Crippen LogP contribution < -0.4 is 5.32 Å². The minimum Gasteiger partial charge on any atom is -0.349 e. The van der Waals surface area contributed by atoms with Crippen LogP contribution in [0, 0.1) is 6.92 Å². The van der Waals surface area contributed by atoms with Crippen molar-refractivity contribution in [3.63, 3.8) is 0 Å². The second kappa shape index (κ2) is 8.63. The summed E-state index contributed by atoms with van der Waals surface area (Å²) in [4.78, 5) is 12.5. The summed E-state index contributed by atoms with van der Waals surface area (Å²) in [6, 6.07) is 14.6. The number of nitrogens with zero attached hydrogens (tertiary/aromatic N) is 3. The van der Waals surface area contributed by atoms with Crippen molar-refractivity contribution in [1.82, 2.24) is 25.3 Å². The maximum absolute atomic E-state index is 12.5. The Labute approximate surface area is 191 Å². The number of carbonyl (C=O) groups excluding carboxylic acids is 1. The van der Waals surface area contributed by atoms with Crippen LogP contribution in [0.5, 0.6) is 0 Å². The predicted molar refractivity (Wildman–Crippen MR) is 127 cm³/mol. The molecule has 2 aromatic heterocycles. The van der Waals surface area contributed by atoms with Crippen molar-refractivity contribution in [1.29, 1.82) is 0 Å². The van der Waals surface area contributed by atoms with Gasteiger partial charge in [-0.15, -0.1) is 0 Å². The van der Waals surface area contributed by atoms with E-state index in [1.165, 1.54) is 16.3 Å². The monoisotopic (exact) mass is 445 g/mol. The summed E-state index contributed by atoms with van der Waals surface area (Å²) in [5.41, 5.74) is 5.06. The van der Waals surface area contributed by atoms with E-state index in [2.05, 4.69) is 44.9 Å². The first-order valence-electron chi connectivity index (χ1n) is 10.8. The number of benzene rings is 2. The van der Waals surface area contributed by atoms with Crippen LogP contribution >= 0.6 is 11.6 Å². The first-order valence-corrected chi connectivity index (χ1v) is 11.2. The summed E-state index contributed by atoms with van der Waals surface area (Å²) in [5.74, 6) is -0.129. The van der Waals surface area contributed by atoms with Crippen molar-refractivity contribution < 1.29 is 4.79 Å². The van der Waals surface area contributed by atoms with Crippen molar-refractivity contribution in [3.05, 3.63) is 88.0 Å². The summed E-state index contributed by atoms with van der Waals surface area (Å²) < 4.78 is 1.79. The number of nitrogens with one attached hydrogen (secondary N) is 2. The molecule has 0 saturated heterocycles. The molecule has 32 heavy (non-hydrogen) atoms. The van der Waals surface area contributed by atoms with E-state index in [0.29, 0.717) is 11.7 Å². The van der Waals surface area contributed by atoms with Gasteiger partial charge in [0, 0.05) is 29.8 Å². The fraction of sp³-hybridized carbons (Fsp3) is 0.240. The molecule has 1 aliphatic rings. The normalized spacial score (nSPS) is 15.9. The Bertz CT molecular complexity index is 1310. The van der Waals surface area contributed by atoms with E-state index >= 15 is 0 Å². The fourth-order valence-electron chi connectivity index (χ4n) is 4.39. The van der Waals surface area contributed by atoms with E-state index in [1.54, 1.807) is 16.8 Å². The molecule has 0 radical (unpaired) electrons. The molecule has 7 heteroatoms. The second-order valence-electron chi connectivity index (χ2n) is 8.24. The van der Waals surface area contributed by atoms with Crippen LogP contribution in [0.2, 0.25) is 5.15 Å². The van der Waals surface area contributed by atoms with Crippen LogP contribution in [0.15, 0.2) is 54.7 Å². The molecule has 162 valence electrons. The molecule has 4 aromatic rings. The summed E-state index contributed by atoms with van der Waals surface area (Å²) in [5, 5.41) is 17.7. The van der Waals surface area contributed by atoms with Gasteiger partial charge in [-0.1, -0.05) is 54.1 Å². The van der Waals surface area contributed by atoms with Gasteiger partial charge in [-0.2, -0.15) is 10.2 Å². The van der Waals surface area contributed by atoms with Crippen LogP contribution in [-0.2, 0) is 24.2 Å². The zero-order valence-electron chi connectivity index (χ0n) is 17.8. The third-order valence-corrected chi connectivity index (χ3v) is 6.48. The number of H-pyrrole nitrogens is 1. The van der Waals surface area contributed by atoms with Crippen LogP contribution in [-0.4, -0.2) is 31.9 Å². The molecule has 5 rings (SSSR count). The molecule has 1 unspecified atom stereocenters. The molecule has 0 fully saturated rings. The highest BCUT2D eigenvalue weighted by molar-refractivity contribution is 6.31. The van der Waals surface area contributed by atoms with Gasteiger partial charge in [-0.3, -0.25) is 9.89 Å². The maximum Gasteiger partial charge on any atom is 0.244 e. The summed E-state index contributed by atoms with van der Waals surface area (Å²) in [7, 11) is 0. The SMILES string of the molecule is Cc1nn(Cc2cccc3ccccc23)c(Cl)c1/C=C/C(=O)NC1CCc2cn[nH]c2C1. The van der Waals surface area contributed by atoms with Gasteiger partial charge in [-0.25, -0.2) is 4.68 Å². The number of aromatic nitrogens is 4. The molecule has 1 aliphatic carbocycles. The minimum atomic E-state index is -0.129. The zero-order valence-corrected chi connectivity index (χ0v) is 18.6. The van der Waals surface area contributed by atoms with Crippen LogP contribution in [0.25, 0.3) is 16.8 Å². The smallest absolute Gasteiger partial charge is 0.244 e. The number of carbonyl (C=O) groups is 1. The highest BCUT2D eigenvalue weighted by Crippen LogP contribution is 2.25. The van der Waals surface area contributed by atoms with Gasteiger partial charge in [0.25, 0.3) is 0 Å². The number of hydrogen-bond acceptors (Lipinski definition) is 3. The molecule has 1 atom stereocenters. The molecule has 0 spiro atoms. The highest BCUT2D eigenvalue weighted by Gasteiger charge is 2.21. The van der Waals surface area contributed by atoms with Crippen molar-refractivity contribution in [2.45, 2.75) is 38.8 Å². The number of rotatable bonds is 5. The summed E-state index contributed by atoms with van der Waals surface area (Å²) in [6.07, 6.45) is 7.78. The lowest BCUT2D eigenvalue weighted by molar-refractivity contribution is -0.117. The quantitative estimate of drug-likeness (QED) is 0.445. The molecule has 2 heterocycles. The Balaban J connectivity index is 1.30. The molecular formula is C25H24ClN5O. The number of amides is 1. The van der Waals surface area contributed by atoms with E-state index in [9.17, 15) is 4.79 Å². The Hall–Kier alpha value is -3.38. The molecule has 2 aromatic carbocycles. The van der Waals surface area contributed by atoms with E-state index in [-0.39, 0.29) is 11.9 Å². The van der Waals surface area contributed by atoms with E-state index in [4.69, 9.17) is 11.6 Å². The van der Waals surface area contributed by atoms with Gasteiger partial charge >= 0.3 is 0 Å². The van der Waals surface area contributed by atoms with Gasteiger partial charge in [-0.05, 0) is 47.7 Å². The topological polar surface area (TPSA) is 75.6 Å². The predicted octanol–water partition coefficient (Wildman–Crippen LogP) is 4.46. The highest BCUT2D eigenvalue weighted by atomic mass is 35.5. The van der Waals surface area contributed by atoms with Gasteiger partial charge < -0.3 is 5.32 Å². The molecule has 1 amide bonds. The Morgan fingerprint density at radius 1 is 1.28 bits per heavy atom. The Morgan fingerprint density at radius 2 is 2.12 bits per heavy atom. The molecule has 6 nitrogen and oxygen atoms in total. The number of halogens is 1. The first kappa shape index (κ1) is 20.5. The number of hydrogen-bond donors (Lipinski definition) is 2. The lowest BCUT2D eigenvalue weighted by Gasteiger charge is -2.22. The van der Waals surface area contributed by atoms with Crippen molar-refractivity contribution in [2.24, 2.45) is 0 Å². The largest absolute Gasteiger partial charge is 0.349 e. The first-order chi connectivity index (χ1) is 15.6. The Kier molecular flexibility index (Phi) is 5.53. The average Bonchev–Trinajstić information content (AvgIpc) is 3.36. The Morgan fingerprint density at radius 3 is 3.03 bits per heavy atom. The lowest BCUT2D eigenvalue weighted by Crippen LogP contribution is -2.37. The number of aryl methyl sites for hydroxylation is 2. The van der Waals surface area contributed by atoms with Crippen molar-refractivity contribution in [3.8, 4) is 0 Å². The van der Waals surface area contributed by atoms with E-state index in [1.807, 2.05) is 31.3 Å². The van der Waals surface area contributed by atoms with Gasteiger partial charge in [0.2, 0.25) is 5.91 Å². The third kappa shape index (κ3) is 4.06. The van der Waals surface area contributed by atoms with E-state index in [0.717, 1.165) is 41.8 Å². The maximum atomic E-state index is 12.5. The van der Waals surface area contributed by atoms with Gasteiger partial charge in [0.05, 0.1) is 18.4 Å². The second-order valence-corrected chi connectivity index (χ2v) is 8.60. The van der Waals surface area contributed by atoms with Gasteiger partial charge in [0.15, 0.2) is 0 Å². The van der Waals surface area contributed by atoms with Crippen molar-refractivity contribution in [2.75, 3.05) is 0 Å². The van der Waals surface area contributed by atoms with Gasteiger partial charge in [0.1, 0.15) is 5.15 Å². The molecular weight excluding hydrogens is 422 g/mol. The van der Waals surface area contributed by atoms with Crippen LogP contribution in [0.3, 0.4) is 0 Å².